The molecule has 0 aliphatic carbocycles. The Kier molecular flexibility index (Phi) is 4.65. The SMILES string of the molecule is CN(Cc1cccc(F)c1F)C1CNC1.Cl. The van der Waals surface area contributed by atoms with Crippen molar-refractivity contribution < 1.29 is 8.78 Å². The Labute approximate surface area is 100 Å². The number of hydrogen-bond donors (Lipinski definition) is 1. The molecule has 1 N–H and O–H groups in total. The van der Waals surface area contributed by atoms with E-state index in [1.807, 2.05) is 11.9 Å². The molecule has 1 fully saturated rings. The van der Waals surface area contributed by atoms with Gasteiger partial charge >= 0.3 is 0 Å². The maximum atomic E-state index is 13.3. The van der Waals surface area contributed by atoms with Gasteiger partial charge in [0, 0.05) is 31.2 Å². The second-order valence-corrected chi connectivity index (χ2v) is 3.94. The van der Waals surface area contributed by atoms with Crippen LogP contribution in [0.1, 0.15) is 5.56 Å². The van der Waals surface area contributed by atoms with Crippen LogP contribution in [0, 0.1) is 11.6 Å². The standard InChI is InChI=1S/C11H14F2N2.ClH/c1-15(9-5-14-6-9)7-8-3-2-4-10(12)11(8)13;/h2-4,9,14H,5-7H2,1H3;1H. The number of hydrogen-bond acceptors (Lipinski definition) is 2. The Morgan fingerprint density at radius 1 is 1.38 bits per heavy atom. The van der Waals surface area contributed by atoms with E-state index in [1.54, 1.807) is 12.1 Å². The first-order chi connectivity index (χ1) is 7.18. The van der Waals surface area contributed by atoms with Gasteiger partial charge in [-0.1, -0.05) is 12.1 Å². The monoisotopic (exact) mass is 248 g/mol. The molecule has 0 spiro atoms. The molecule has 1 aliphatic heterocycles. The lowest BCUT2D eigenvalue weighted by Crippen LogP contribution is -2.55. The van der Waals surface area contributed by atoms with E-state index in [4.69, 9.17) is 0 Å². The Morgan fingerprint density at radius 2 is 2.06 bits per heavy atom. The van der Waals surface area contributed by atoms with Gasteiger partial charge in [0.05, 0.1) is 0 Å². The fraction of sp³-hybridized carbons (Fsp3) is 0.455. The fourth-order valence-corrected chi connectivity index (χ4v) is 1.65. The van der Waals surface area contributed by atoms with Gasteiger partial charge in [0.15, 0.2) is 11.6 Å². The van der Waals surface area contributed by atoms with Crippen LogP contribution in [0.4, 0.5) is 8.78 Å². The molecule has 2 nitrogen and oxygen atoms in total. The molecule has 16 heavy (non-hydrogen) atoms. The third-order valence-electron chi connectivity index (χ3n) is 2.83. The first-order valence-corrected chi connectivity index (χ1v) is 5.02. The predicted molar refractivity (Wildman–Crippen MR) is 61.7 cm³/mol. The highest BCUT2D eigenvalue weighted by Gasteiger charge is 2.22. The number of benzene rings is 1. The smallest absolute Gasteiger partial charge is 0.163 e. The quantitative estimate of drug-likeness (QED) is 0.878. The molecule has 2 rings (SSSR count). The third kappa shape index (κ3) is 2.70. The highest BCUT2D eigenvalue weighted by molar-refractivity contribution is 5.85. The normalized spacial score (nSPS) is 15.8. The van der Waals surface area contributed by atoms with Gasteiger partial charge in [0.25, 0.3) is 0 Å². The van der Waals surface area contributed by atoms with Crippen molar-refractivity contribution in [1.82, 2.24) is 10.2 Å². The number of halogens is 3. The zero-order chi connectivity index (χ0) is 10.8. The molecule has 0 aromatic heterocycles. The predicted octanol–water partition coefficient (Wildman–Crippen LogP) is 1.79. The van der Waals surface area contributed by atoms with Crippen LogP contribution in [-0.2, 0) is 6.54 Å². The van der Waals surface area contributed by atoms with E-state index in [2.05, 4.69) is 5.32 Å². The highest BCUT2D eigenvalue weighted by atomic mass is 35.5. The van der Waals surface area contributed by atoms with Crippen LogP contribution in [0.5, 0.6) is 0 Å². The van der Waals surface area contributed by atoms with Crippen LogP contribution in [0.2, 0.25) is 0 Å². The fourth-order valence-electron chi connectivity index (χ4n) is 1.65. The van der Waals surface area contributed by atoms with Gasteiger partial charge in [0.2, 0.25) is 0 Å². The molecule has 0 radical (unpaired) electrons. The van der Waals surface area contributed by atoms with Crippen LogP contribution in [0.15, 0.2) is 18.2 Å². The van der Waals surface area contributed by atoms with Gasteiger partial charge in [-0.3, -0.25) is 4.90 Å². The molecule has 0 atom stereocenters. The average molecular weight is 249 g/mol. The van der Waals surface area contributed by atoms with Crippen LogP contribution in [-0.4, -0.2) is 31.1 Å². The van der Waals surface area contributed by atoms with Crippen LogP contribution < -0.4 is 5.32 Å². The number of nitrogens with one attached hydrogen (secondary N) is 1. The van der Waals surface area contributed by atoms with E-state index in [1.165, 1.54) is 0 Å². The van der Waals surface area contributed by atoms with Crippen LogP contribution in [0.25, 0.3) is 0 Å². The van der Waals surface area contributed by atoms with Gasteiger partial charge in [-0.25, -0.2) is 8.78 Å². The van der Waals surface area contributed by atoms with Crippen molar-refractivity contribution in [3.63, 3.8) is 0 Å². The highest BCUT2D eigenvalue weighted by Crippen LogP contribution is 2.15. The summed E-state index contributed by atoms with van der Waals surface area (Å²) in [7, 11) is 1.93. The first kappa shape index (κ1) is 13.4. The molecule has 0 bridgehead atoms. The van der Waals surface area contributed by atoms with Crippen molar-refractivity contribution in [2.75, 3.05) is 20.1 Å². The van der Waals surface area contributed by atoms with Crippen molar-refractivity contribution in [2.24, 2.45) is 0 Å². The largest absolute Gasteiger partial charge is 0.314 e. The first-order valence-electron chi connectivity index (χ1n) is 5.02. The maximum Gasteiger partial charge on any atom is 0.163 e. The van der Waals surface area contributed by atoms with E-state index in [-0.39, 0.29) is 12.4 Å². The molecule has 90 valence electrons. The summed E-state index contributed by atoms with van der Waals surface area (Å²) in [5.41, 5.74) is 0.421. The van der Waals surface area contributed by atoms with Gasteiger partial charge in [-0.2, -0.15) is 0 Å². The molecule has 5 heteroatoms. The molecular weight excluding hydrogens is 234 g/mol. The van der Waals surface area contributed by atoms with Gasteiger partial charge < -0.3 is 5.32 Å². The maximum absolute atomic E-state index is 13.3. The Hall–Kier alpha value is -0.710. The lowest BCUT2D eigenvalue weighted by Gasteiger charge is -2.35. The van der Waals surface area contributed by atoms with Gasteiger partial charge in [-0.05, 0) is 13.1 Å². The summed E-state index contributed by atoms with van der Waals surface area (Å²) in [6.45, 7) is 2.30. The summed E-state index contributed by atoms with van der Waals surface area (Å²) >= 11 is 0. The molecule has 0 amide bonds. The van der Waals surface area contributed by atoms with Crippen LogP contribution >= 0.6 is 12.4 Å². The molecule has 1 saturated heterocycles. The van der Waals surface area contributed by atoms with E-state index >= 15 is 0 Å². The van der Waals surface area contributed by atoms with E-state index in [9.17, 15) is 8.78 Å². The molecule has 1 aromatic carbocycles. The zero-order valence-electron chi connectivity index (χ0n) is 9.04. The van der Waals surface area contributed by atoms with E-state index < -0.39 is 11.6 Å². The molecule has 1 aromatic rings. The van der Waals surface area contributed by atoms with Crippen molar-refractivity contribution in [1.29, 1.82) is 0 Å². The van der Waals surface area contributed by atoms with Gasteiger partial charge in [0.1, 0.15) is 0 Å². The summed E-state index contributed by atoms with van der Waals surface area (Å²) < 4.78 is 26.3. The Morgan fingerprint density at radius 3 is 2.62 bits per heavy atom. The molecule has 1 aliphatic rings. The average Bonchev–Trinajstić information content (AvgIpc) is 2.10. The van der Waals surface area contributed by atoms with Crippen molar-refractivity contribution in [3.05, 3.63) is 35.4 Å². The topological polar surface area (TPSA) is 15.3 Å². The summed E-state index contributed by atoms with van der Waals surface area (Å²) in [6, 6.07) is 4.75. The second-order valence-electron chi connectivity index (χ2n) is 3.94. The Balaban J connectivity index is 0.00000128. The molecule has 0 unspecified atom stereocenters. The zero-order valence-corrected chi connectivity index (χ0v) is 9.86. The minimum atomic E-state index is -0.771. The van der Waals surface area contributed by atoms with Crippen molar-refractivity contribution in [3.8, 4) is 0 Å². The molecule has 0 saturated carbocycles. The lowest BCUT2D eigenvalue weighted by atomic mass is 10.1. The Bertz CT molecular complexity index is 356. The number of likely N-dealkylation sites (N-methyl/N-ethyl adjacent to an activating group) is 1. The number of rotatable bonds is 3. The summed E-state index contributed by atoms with van der Waals surface area (Å²) in [4.78, 5) is 2.04. The van der Waals surface area contributed by atoms with Gasteiger partial charge in [-0.15, -0.1) is 12.4 Å². The molecule has 1 heterocycles. The molecular formula is C11H15ClF2N2. The third-order valence-corrected chi connectivity index (χ3v) is 2.83. The summed E-state index contributed by atoms with van der Waals surface area (Å²) in [6.07, 6.45) is 0. The second kappa shape index (κ2) is 5.57. The lowest BCUT2D eigenvalue weighted by molar-refractivity contribution is 0.171. The van der Waals surface area contributed by atoms with Crippen molar-refractivity contribution >= 4 is 12.4 Å². The van der Waals surface area contributed by atoms with Crippen LogP contribution in [0.3, 0.4) is 0 Å². The summed E-state index contributed by atoms with van der Waals surface area (Å²) in [5, 5.41) is 3.14. The summed E-state index contributed by atoms with van der Waals surface area (Å²) in [5.74, 6) is -1.50. The van der Waals surface area contributed by atoms with E-state index in [0.29, 0.717) is 18.2 Å². The minimum absolute atomic E-state index is 0. The number of nitrogens with zero attached hydrogens (tertiary/aromatic N) is 1. The van der Waals surface area contributed by atoms with Crippen molar-refractivity contribution in [2.45, 2.75) is 12.6 Å². The minimum Gasteiger partial charge on any atom is -0.314 e. The van der Waals surface area contributed by atoms with E-state index in [0.717, 1.165) is 19.2 Å².